The van der Waals surface area contributed by atoms with Gasteiger partial charge in [0.15, 0.2) is 0 Å². The van der Waals surface area contributed by atoms with Crippen LogP contribution in [0.3, 0.4) is 0 Å². The second-order valence-electron chi connectivity index (χ2n) is 13.3. The minimum Gasteiger partial charge on any atom is -0.135 e. The lowest BCUT2D eigenvalue weighted by Crippen LogP contribution is -1.89. The summed E-state index contributed by atoms with van der Waals surface area (Å²) in [5.41, 5.74) is 7.42. The van der Waals surface area contributed by atoms with Crippen molar-refractivity contribution in [2.45, 2.75) is 0 Å². The van der Waals surface area contributed by atoms with Gasteiger partial charge in [-0.15, -0.1) is 22.7 Å². The Labute approximate surface area is 297 Å². The second kappa shape index (κ2) is 10.9. The lowest BCUT2D eigenvalue weighted by molar-refractivity contribution is 1.61. The topological polar surface area (TPSA) is 0 Å². The van der Waals surface area contributed by atoms with E-state index in [0.717, 1.165) is 0 Å². The van der Waals surface area contributed by atoms with E-state index in [-0.39, 0.29) is 0 Å². The molecule has 0 spiro atoms. The molecule has 0 unspecified atom stereocenters. The molecule has 9 aromatic carbocycles. The number of thiophene rings is 2. The number of benzene rings is 9. The highest BCUT2D eigenvalue weighted by Crippen LogP contribution is 2.44. The molecule has 0 aliphatic heterocycles. The van der Waals surface area contributed by atoms with Crippen LogP contribution in [0.15, 0.2) is 170 Å². The van der Waals surface area contributed by atoms with E-state index in [4.69, 9.17) is 0 Å². The number of fused-ring (bicyclic) bond motifs is 11. The van der Waals surface area contributed by atoms with E-state index >= 15 is 0 Å². The van der Waals surface area contributed by atoms with Crippen LogP contribution in [0, 0.1) is 0 Å². The maximum absolute atomic E-state index is 2.41. The first-order valence-electron chi connectivity index (χ1n) is 17.1. The zero-order chi connectivity index (χ0) is 32.8. The van der Waals surface area contributed by atoms with Crippen molar-refractivity contribution in [3.05, 3.63) is 170 Å². The summed E-state index contributed by atoms with van der Waals surface area (Å²) in [4.78, 5) is 0. The van der Waals surface area contributed by atoms with Crippen molar-refractivity contribution >= 4 is 95.3 Å². The molecule has 0 nitrogen and oxygen atoms in total. The van der Waals surface area contributed by atoms with Gasteiger partial charge in [0.1, 0.15) is 0 Å². The minimum absolute atomic E-state index is 1.23. The summed E-state index contributed by atoms with van der Waals surface area (Å²) in [7, 11) is 0. The number of rotatable bonds is 3. The molecule has 0 aliphatic carbocycles. The van der Waals surface area contributed by atoms with Gasteiger partial charge in [-0.1, -0.05) is 109 Å². The third-order valence-electron chi connectivity index (χ3n) is 10.4. The zero-order valence-corrected chi connectivity index (χ0v) is 28.6. The van der Waals surface area contributed by atoms with Crippen LogP contribution < -0.4 is 0 Å². The van der Waals surface area contributed by atoms with E-state index in [1.165, 1.54) is 106 Å². The molecular formula is C48H28S2. The Balaban J connectivity index is 1.21. The van der Waals surface area contributed by atoms with E-state index in [2.05, 4.69) is 170 Å². The summed E-state index contributed by atoms with van der Waals surface area (Å²) < 4.78 is 5.32. The molecule has 2 heteroatoms. The summed E-state index contributed by atoms with van der Waals surface area (Å²) >= 11 is 3.75. The van der Waals surface area contributed by atoms with Crippen LogP contribution in [0.5, 0.6) is 0 Å². The summed E-state index contributed by atoms with van der Waals surface area (Å²) in [5.74, 6) is 0. The average molecular weight is 669 g/mol. The number of hydrogen-bond acceptors (Lipinski definition) is 2. The Morgan fingerprint density at radius 3 is 1.36 bits per heavy atom. The van der Waals surface area contributed by atoms with Gasteiger partial charge in [-0.3, -0.25) is 0 Å². The van der Waals surface area contributed by atoms with E-state index < -0.39 is 0 Å². The molecule has 0 saturated heterocycles. The first-order chi connectivity index (χ1) is 24.7. The Morgan fingerprint density at radius 1 is 0.260 bits per heavy atom. The van der Waals surface area contributed by atoms with Crippen molar-refractivity contribution in [3.8, 4) is 33.4 Å². The lowest BCUT2D eigenvalue weighted by atomic mass is 9.87. The van der Waals surface area contributed by atoms with Gasteiger partial charge in [0.25, 0.3) is 0 Å². The van der Waals surface area contributed by atoms with Crippen LogP contribution in [0.4, 0.5) is 0 Å². The van der Waals surface area contributed by atoms with Gasteiger partial charge in [-0.2, -0.15) is 0 Å². The van der Waals surface area contributed by atoms with Crippen LogP contribution in [0.25, 0.3) is 106 Å². The van der Waals surface area contributed by atoms with Gasteiger partial charge in [-0.25, -0.2) is 0 Å². The predicted molar refractivity (Wildman–Crippen MR) is 221 cm³/mol. The zero-order valence-electron chi connectivity index (χ0n) is 27.0. The summed E-state index contributed by atoms with van der Waals surface area (Å²) in [6, 6.07) is 63.5. The fourth-order valence-electron chi connectivity index (χ4n) is 8.04. The van der Waals surface area contributed by atoms with Crippen molar-refractivity contribution in [1.82, 2.24) is 0 Å². The Morgan fingerprint density at radius 2 is 0.740 bits per heavy atom. The standard InChI is InChI=1S/C48H28S2/c1-3-11-36-29(9-1)17-20-40-41(28-32-10-2-4-12-37(32)48(36)40)35-24-33(30-18-21-46-42(26-30)38-13-5-7-15-44(38)49-46)23-34(25-35)31-19-22-47-43(27-31)39-14-6-8-16-45(39)50-47/h1-28H. The van der Waals surface area contributed by atoms with Crippen molar-refractivity contribution in [2.75, 3.05) is 0 Å². The molecule has 2 aromatic heterocycles. The van der Waals surface area contributed by atoms with Gasteiger partial charge in [0.2, 0.25) is 0 Å². The second-order valence-corrected chi connectivity index (χ2v) is 15.4. The Bertz CT molecular complexity index is 3010. The van der Waals surface area contributed by atoms with Crippen molar-refractivity contribution < 1.29 is 0 Å². The van der Waals surface area contributed by atoms with E-state index in [9.17, 15) is 0 Å². The monoisotopic (exact) mass is 668 g/mol. The smallest absolute Gasteiger partial charge is 0.0355 e. The minimum atomic E-state index is 1.23. The SMILES string of the molecule is c1ccc2c(c1)ccc1c(-c3cc(-c4ccc5sc6ccccc6c5c4)cc(-c4ccc5sc6ccccc6c5c4)c3)cc3ccccc3c12. The highest BCUT2D eigenvalue weighted by Gasteiger charge is 2.16. The molecule has 0 bridgehead atoms. The molecule has 50 heavy (non-hydrogen) atoms. The molecule has 0 aliphatic rings. The molecule has 0 saturated carbocycles. The van der Waals surface area contributed by atoms with E-state index in [1.807, 2.05) is 22.7 Å². The fourth-order valence-corrected chi connectivity index (χ4v) is 10.2. The lowest BCUT2D eigenvalue weighted by Gasteiger charge is -2.16. The molecule has 0 radical (unpaired) electrons. The normalized spacial score (nSPS) is 12.0. The van der Waals surface area contributed by atoms with Crippen molar-refractivity contribution in [2.24, 2.45) is 0 Å². The highest BCUT2D eigenvalue weighted by atomic mass is 32.1. The first kappa shape index (κ1) is 28.1. The molecule has 0 amide bonds. The molecule has 0 N–H and O–H groups in total. The fraction of sp³-hybridized carbons (Fsp3) is 0. The molecule has 11 rings (SSSR count). The molecular weight excluding hydrogens is 641 g/mol. The third kappa shape index (κ3) is 4.29. The quantitative estimate of drug-likeness (QED) is 0.164. The van der Waals surface area contributed by atoms with E-state index in [1.54, 1.807) is 0 Å². The average Bonchev–Trinajstić information content (AvgIpc) is 3.75. The summed E-state index contributed by atoms with van der Waals surface area (Å²) in [5, 5.41) is 13.0. The van der Waals surface area contributed by atoms with Crippen LogP contribution in [0.2, 0.25) is 0 Å². The Kier molecular flexibility index (Phi) is 6.09. The van der Waals surface area contributed by atoms with Crippen molar-refractivity contribution in [3.63, 3.8) is 0 Å². The predicted octanol–water partition coefficient (Wildman–Crippen LogP) is 14.9. The van der Waals surface area contributed by atoms with Gasteiger partial charge >= 0.3 is 0 Å². The summed E-state index contributed by atoms with van der Waals surface area (Å²) in [6.07, 6.45) is 0. The number of hydrogen-bond donors (Lipinski definition) is 0. The maximum Gasteiger partial charge on any atom is 0.0355 e. The largest absolute Gasteiger partial charge is 0.135 e. The maximum atomic E-state index is 2.41. The molecule has 0 fully saturated rings. The van der Waals surface area contributed by atoms with E-state index in [0.29, 0.717) is 0 Å². The third-order valence-corrected chi connectivity index (χ3v) is 12.7. The first-order valence-corrected chi connectivity index (χ1v) is 18.7. The molecule has 232 valence electrons. The highest BCUT2D eigenvalue weighted by molar-refractivity contribution is 7.26. The van der Waals surface area contributed by atoms with Gasteiger partial charge < -0.3 is 0 Å². The van der Waals surface area contributed by atoms with Crippen LogP contribution >= 0.6 is 22.7 Å². The van der Waals surface area contributed by atoms with Gasteiger partial charge in [0.05, 0.1) is 0 Å². The van der Waals surface area contributed by atoms with Gasteiger partial charge in [0, 0.05) is 40.3 Å². The molecule has 11 aromatic rings. The summed E-state index contributed by atoms with van der Waals surface area (Å²) in [6.45, 7) is 0. The molecule has 0 atom stereocenters. The van der Waals surface area contributed by atoms with Crippen molar-refractivity contribution in [1.29, 1.82) is 0 Å². The van der Waals surface area contributed by atoms with Crippen LogP contribution in [-0.4, -0.2) is 0 Å². The van der Waals surface area contributed by atoms with Gasteiger partial charge in [-0.05, 0) is 126 Å². The Hall–Kier alpha value is -5.80. The van der Waals surface area contributed by atoms with Crippen LogP contribution in [-0.2, 0) is 0 Å². The molecule has 2 heterocycles. The van der Waals surface area contributed by atoms with Crippen LogP contribution in [0.1, 0.15) is 0 Å².